The van der Waals surface area contributed by atoms with Gasteiger partial charge in [-0.25, -0.2) is 9.97 Å². The molecule has 0 aliphatic carbocycles. The summed E-state index contributed by atoms with van der Waals surface area (Å²) in [6, 6.07) is 23.9. The third kappa shape index (κ3) is 3.65. The van der Waals surface area contributed by atoms with Crippen LogP contribution in [0.3, 0.4) is 0 Å². The summed E-state index contributed by atoms with van der Waals surface area (Å²) in [7, 11) is 0. The maximum absolute atomic E-state index is 6.09. The first-order chi connectivity index (χ1) is 14.8. The van der Waals surface area contributed by atoms with Gasteiger partial charge >= 0.3 is 0 Å². The SMILES string of the molecule is Clc1ccc(-c2csc3ncnc(NC(c4ccccc4)c4ccccn4)c23)cc1. The topological polar surface area (TPSA) is 50.7 Å². The molecule has 30 heavy (non-hydrogen) atoms. The number of hydrogen-bond acceptors (Lipinski definition) is 5. The molecular formula is C24H17ClN4S. The molecule has 1 unspecified atom stereocenters. The molecule has 1 atom stereocenters. The Morgan fingerprint density at radius 1 is 0.833 bits per heavy atom. The van der Waals surface area contributed by atoms with E-state index in [4.69, 9.17) is 11.6 Å². The van der Waals surface area contributed by atoms with Crippen LogP contribution in [0.5, 0.6) is 0 Å². The van der Waals surface area contributed by atoms with Gasteiger partial charge in [-0.05, 0) is 35.4 Å². The van der Waals surface area contributed by atoms with Crippen LogP contribution in [-0.4, -0.2) is 15.0 Å². The highest BCUT2D eigenvalue weighted by molar-refractivity contribution is 7.17. The molecule has 146 valence electrons. The second-order valence-corrected chi connectivity index (χ2v) is 8.10. The van der Waals surface area contributed by atoms with Crippen molar-refractivity contribution >= 4 is 39.0 Å². The Kier molecular flexibility index (Phi) is 5.13. The zero-order valence-corrected chi connectivity index (χ0v) is 17.4. The van der Waals surface area contributed by atoms with Crippen LogP contribution >= 0.6 is 22.9 Å². The van der Waals surface area contributed by atoms with Crippen LogP contribution < -0.4 is 5.32 Å². The normalized spacial score (nSPS) is 12.0. The Bertz CT molecular complexity index is 1230. The monoisotopic (exact) mass is 428 g/mol. The van der Waals surface area contributed by atoms with Gasteiger partial charge in [0.1, 0.15) is 17.0 Å². The lowest BCUT2D eigenvalue weighted by Crippen LogP contribution is -2.15. The molecule has 0 fully saturated rings. The first-order valence-electron chi connectivity index (χ1n) is 9.50. The van der Waals surface area contributed by atoms with Crippen LogP contribution in [-0.2, 0) is 0 Å². The molecule has 0 amide bonds. The fourth-order valence-corrected chi connectivity index (χ4v) is 4.53. The summed E-state index contributed by atoms with van der Waals surface area (Å²) < 4.78 is 0. The minimum absolute atomic E-state index is 0.136. The average Bonchev–Trinajstić information content (AvgIpc) is 3.24. The third-order valence-corrected chi connectivity index (χ3v) is 6.06. The number of pyridine rings is 1. The van der Waals surface area contributed by atoms with Gasteiger partial charge in [0.25, 0.3) is 0 Å². The van der Waals surface area contributed by atoms with Gasteiger partial charge in [-0.1, -0.05) is 60.1 Å². The summed E-state index contributed by atoms with van der Waals surface area (Å²) in [4.78, 5) is 14.6. The van der Waals surface area contributed by atoms with E-state index < -0.39 is 0 Å². The summed E-state index contributed by atoms with van der Waals surface area (Å²) in [6.45, 7) is 0. The lowest BCUT2D eigenvalue weighted by molar-refractivity contribution is 0.879. The summed E-state index contributed by atoms with van der Waals surface area (Å²) in [5.41, 5.74) is 4.21. The van der Waals surface area contributed by atoms with Gasteiger partial charge in [0.2, 0.25) is 0 Å². The molecule has 0 spiro atoms. The van der Waals surface area contributed by atoms with Gasteiger partial charge in [0.05, 0.1) is 17.1 Å². The molecule has 1 N–H and O–H groups in total. The number of nitrogens with zero attached hydrogens (tertiary/aromatic N) is 3. The third-order valence-electron chi connectivity index (χ3n) is 4.92. The van der Waals surface area contributed by atoms with Crippen LogP contribution in [0.25, 0.3) is 21.3 Å². The molecular weight excluding hydrogens is 412 g/mol. The molecule has 3 aromatic heterocycles. The van der Waals surface area contributed by atoms with E-state index in [0.29, 0.717) is 5.02 Å². The van der Waals surface area contributed by atoms with Gasteiger partial charge in [-0.3, -0.25) is 4.98 Å². The summed E-state index contributed by atoms with van der Waals surface area (Å²) >= 11 is 7.69. The van der Waals surface area contributed by atoms with E-state index in [0.717, 1.165) is 38.4 Å². The highest BCUT2D eigenvalue weighted by Gasteiger charge is 2.19. The Balaban J connectivity index is 1.63. The zero-order valence-electron chi connectivity index (χ0n) is 15.9. The molecule has 4 nitrogen and oxygen atoms in total. The lowest BCUT2D eigenvalue weighted by Gasteiger charge is -2.20. The number of hydrogen-bond donors (Lipinski definition) is 1. The number of anilines is 1. The maximum Gasteiger partial charge on any atom is 0.139 e. The predicted molar refractivity (Wildman–Crippen MR) is 124 cm³/mol. The van der Waals surface area contributed by atoms with Gasteiger partial charge in [-0.15, -0.1) is 11.3 Å². The van der Waals surface area contributed by atoms with Crippen molar-refractivity contribution in [3.63, 3.8) is 0 Å². The Morgan fingerprint density at radius 2 is 1.63 bits per heavy atom. The maximum atomic E-state index is 6.09. The Hall–Kier alpha value is -3.28. The molecule has 0 saturated heterocycles. The van der Waals surface area contributed by atoms with Crippen LogP contribution in [0.4, 0.5) is 5.82 Å². The molecule has 0 radical (unpaired) electrons. The number of halogens is 1. The van der Waals surface area contributed by atoms with E-state index in [9.17, 15) is 0 Å². The molecule has 2 aromatic carbocycles. The molecule has 0 saturated carbocycles. The van der Waals surface area contributed by atoms with E-state index in [2.05, 4.69) is 37.8 Å². The second-order valence-electron chi connectivity index (χ2n) is 6.80. The van der Waals surface area contributed by atoms with Gasteiger partial charge in [0.15, 0.2) is 0 Å². The van der Waals surface area contributed by atoms with Crippen molar-refractivity contribution in [2.24, 2.45) is 0 Å². The quantitative estimate of drug-likeness (QED) is 0.342. The molecule has 6 heteroatoms. The zero-order chi connectivity index (χ0) is 20.3. The van der Waals surface area contributed by atoms with E-state index in [1.165, 1.54) is 0 Å². The van der Waals surface area contributed by atoms with Crippen molar-refractivity contribution < 1.29 is 0 Å². The highest BCUT2D eigenvalue weighted by atomic mass is 35.5. The van der Waals surface area contributed by atoms with E-state index in [1.54, 1.807) is 17.7 Å². The lowest BCUT2D eigenvalue weighted by atomic mass is 10.0. The summed E-state index contributed by atoms with van der Waals surface area (Å²) in [6.07, 6.45) is 3.42. The van der Waals surface area contributed by atoms with Crippen molar-refractivity contribution in [1.82, 2.24) is 15.0 Å². The van der Waals surface area contributed by atoms with E-state index >= 15 is 0 Å². The van der Waals surface area contributed by atoms with Gasteiger partial charge < -0.3 is 5.32 Å². The number of nitrogens with one attached hydrogen (secondary N) is 1. The minimum atomic E-state index is -0.136. The first kappa shape index (κ1) is 18.7. The number of aromatic nitrogens is 3. The standard InChI is InChI=1S/C24H17ClN4S/c25-18-11-9-16(10-12-18)19-14-30-24-21(19)23(27-15-28-24)29-22(17-6-2-1-3-7-17)20-8-4-5-13-26-20/h1-15,22H,(H,27,28,29). The number of thiophene rings is 1. The molecule has 0 aliphatic heterocycles. The first-order valence-corrected chi connectivity index (χ1v) is 10.8. The summed E-state index contributed by atoms with van der Waals surface area (Å²) in [5, 5.41) is 7.46. The highest BCUT2D eigenvalue weighted by Crippen LogP contribution is 2.38. The largest absolute Gasteiger partial charge is 0.357 e. The summed E-state index contributed by atoms with van der Waals surface area (Å²) in [5.74, 6) is 0.783. The average molecular weight is 429 g/mol. The van der Waals surface area contributed by atoms with Crippen LogP contribution in [0.2, 0.25) is 5.02 Å². The molecule has 0 aliphatic rings. The molecule has 5 aromatic rings. The van der Waals surface area contributed by atoms with E-state index in [-0.39, 0.29) is 6.04 Å². The number of rotatable bonds is 5. The van der Waals surface area contributed by atoms with E-state index in [1.807, 2.05) is 66.9 Å². The minimum Gasteiger partial charge on any atom is -0.357 e. The second kappa shape index (κ2) is 8.22. The number of benzene rings is 2. The smallest absolute Gasteiger partial charge is 0.139 e. The molecule has 5 rings (SSSR count). The van der Waals surface area contributed by atoms with Crippen LogP contribution in [0.1, 0.15) is 17.3 Å². The van der Waals surface area contributed by atoms with Crippen molar-refractivity contribution in [2.75, 3.05) is 5.32 Å². The van der Waals surface area contributed by atoms with Crippen molar-refractivity contribution in [1.29, 1.82) is 0 Å². The Morgan fingerprint density at radius 3 is 2.40 bits per heavy atom. The fourth-order valence-electron chi connectivity index (χ4n) is 3.48. The van der Waals surface area contributed by atoms with Crippen molar-refractivity contribution in [3.8, 4) is 11.1 Å². The van der Waals surface area contributed by atoms with Crippen molar-refractivity contribution in [3.05, 3.63) is 107 Å². The molecule has 3 heterocycles. The van der Waals surface area contributed by atoms with Crippen molar-refractivity contribution in [2.45, 2.75) is 6.04 Å². The van der Waals surface area contributed by atoms with Gasteiger partial charge in [0, 0.05) is 22.2 Å². The Labute approximate surface area is 183 Å². The fraction of sp³-hybridized carbons (Fsp3) is 0.0417. The predicted octanol–water partition coefficient (Wildman–Crippen LogP) is 6.61. The van der Waals surface area contributed by atoms with Gasteiger partial charge in [-0.2, -0.15) is 0 Å². The van der Waals surface area contributed by atoms with Crippen LogP contribution in [0, 0.1) is 0 Å². The number of fused-ring (bicyclic) bond motifs is 1. The van der Waals surface area contributed by atoms with Crippen LogP contribution in [0.15, 0.2) is 90.7 Å². The molecule has 0 bridgehead atoms.